The fourth-order valence-electron chi connectivity index (χ4n) is 9.71. The molecule has 0 aliphatic carbocycles. The van der Waals surface area contributed by atoms with Crippen molar-refractivity contribution in [3.8, 4) is 0 Å². The number of rotatable bonds is 61. The molecular weight excluding hydrogens is 949 g/mol. The van der Waals surface area contributed by atoms with Gasteiger partial charge >= 0.3 is 17.9 Å². The van der Waals surface area contributed by atoms with Crippen LogP contribution in [0.2, 0.25) is 0 Å². The Morgan fingerprint density at radius 3 is 0.844 bits per heavy atom. The number of hydrogen-bond acceptors (Lipinski definition) is 6. The minimum Gasteiger partial charge on any atom is -0.462 e. The van der Waals surface area contributed by atoms with Crippen LogP contribution in [0.1, 0.15) is 342 Å². The summed E-state index contributed by atoms with van der Waals surface area (Å²) in [4.78, 5) is 38.4. The third-order valence-corrected chi connectivity index (χ3v) is 14.7. The van der Waals surface area contributed by atoms with Gasteiger partial charge in [-0.2, -0.15) is 0 Å². The van der Waals surface area contributed by atoms with E-state index in [0.717, 1.165) is 77.0 Å². The molecule has 0 N–H and O–H groups in total. The van der Waals surface area contributed by atoms with Gasteiger partial charge in [0.1, 0.15) is 13.2 Å². The predicted octanol–water partition coefficient (Wildman–Crippen LogP) is 22.9. The molecule has 0 bridgehead atoms. The van der Waals surface area contributed by atoms with Gasteiger partial charge in [0.25, 0.3) is 0 Å². The monoisotopic (exact) mass is 1070 g/mol. The van der Waals surface area contributed by atoms with Crippen molar-refractivity contribution >= 4 is 17.9 Å². The molecule has 0 saturated carbocycles. The molecule has 77 heavy (non-hydrogen) atoms. The first-order valence-electron chi connectivity index (χ1n) is 33.4. The highest BCUT2D eigenvalue weighted by atomic mass is 16.6. The van der Waals surface area contributed by atoms with E-state index in [2.05, 4.69) is 93.7 Å². The number of ether oxygens (including phenoxy) is 3. The lowest BCUT2D eigenvalue weighted by Gasteiger charge is -2.18. The molecule has 0 saturated heterocycles. The standard InChI is InChI=1S/C71H126O6/c1-4-7-10-13-16-19-22-25-28-31-33-35-37-40-42-45-48-51-54-57-60-63-69(72)75-66-68(77-71(74)65-62-59-56-53-50-47-44-39-30-27-24-21-18-15-12-9-6-3)67-76-70(73)64-61-58-55-52-49-46-43-41-38-36-34-32-29-26-23-20-17-14-11-8-5-2/h9,12,18,21,25,27-28,30,44,47,53,56,68H,4-8,10-11,13-17,19-20,22-24,26,29,31-43,45-46,48-52,54-55,57-67H2,1-3H3/b12-9-,21-18-,28-25-,30-27-,47-44-,56-53-/t68-/m1/s1. The molecule has 0 unspecified atom stereocenters. The predicted molar refractivity (Wildman–Crippen MR) is 335 cm³/mol. The smallest absolute Gasteiger partial charge is 0.306 e. The Hall–Kier alpha value is -3.15. The van der Waals surface area contributed by atoms with Gasteiger partial charge in [-0.05, 0) is 83.5 Å². The van der Waals surface area contributed by atoms with Crippen LogP contribution in [-0.2, 0) is 28.6 Å². The Morgan fingerprint density at radius 2 is 0.519 bits per heavy atom. The van der Waals surface area contributed by atoms with Crippen molar-refractivity contribution in [2.75, 3.05) is 13.2 Å². The van der Waals surface area contributed by atoms with E-state index < -0.39 is 6.10 Å². The van der Waals surface area contributed by atoms with Crippen LogP contribution in [0.25, 0.3) is 0 Å². The van der Waals surface area contributed by atoms with Crippen molar-refractivity contribution in [2.24, 2.45) is 0 Å². The zero-order valence-corrected chi connectivity index (χ0v) is 51.2. The van der Waals surface area contributed by atoms with Gasteiger partial charge in [-0.15, -0.1) is 0 Å². The Balaban J connectivity index is 4.38. The van der Waals surface area contributed by atoms with Crippen LogP contribution >= 0.6 is 0 Å². The zero-order chi connectivity index (χ0) is 55.7. The fourth-order valence-corrected chi connectivity index (χ4v) is 9.71. The van der Waals surface area contributed by atoms with Gasteiger partial charge in [-0.3, -0.25) is 14.4 Å². The number of carbonyl (C=O) groups excluding carboxylic acids is 3. The summed E-state index contributed by atoms with van der Waals surface area (Å²) in [5, 5.41) is 0. The van der Waals surface area contributed by atoms with E-state index in [1.165, 1.54) is 218 Å². The van der Waals surface area contributed by atoms with Crippen LogP contribution in [0.5, 0.6) is 0 Å². The fraction of sp³-hybridized carbons (Fsp3) is 0.789. The molecule has 0 aromatic rings. The second kappa shape index (κ2) is 65.4. The highest BCUT2D eigenvalue weighted by Crippen LogP contribution is 2.17. The molecule has 0 fully saturated rings. The van der Waals surface area contributed by atoms with Gasteiger partial charge in [0.15, 0.2) is 6.10 Å². The minimum atomic E-state index is -0.805. The maximum atomic E-state index is 12.9. The molecule has 0 spiro atoms. The lowest BCUT2D eigenvalue weighted by atomic mass is 10.0. The van der Waals surface area contributed by atoms with Gasteiger partial charge in [0, 0.05) is 19.3 Å². The number of unbranched alkanes of at least 4 members (excludes halogenated alkanes) is 38. The van der Waals surface area contributed by atoms with E-state index >= 15 is 0 Å². The van der Waals surface area contributed by atoms with Crippen LogP contribution < -0.4 is 0 Å². The molecule has 1 atom stereocenters. The third kappa shape index (κ3) is 63.6. The molecule has 0 amide bonds. The lowest BCUT2D eigenvalue weighted by Crippen LogP contribution is -2.30. The summed E-state index contributed by atoms with van der Waals surface area (Å²) < 4.78 is 16.9. The van der Waals surface area contributed by atoms with Gasteiger partial charge in [0.2, 0.25) is 0 Å². The van der Waals surface area contributed by atoms with E-state index in [4.69, 9.17) is 14.2 Å². The lowest BCUT2D eigenvalue weighted by molar-refractivity contribution is -0.167. The summed E-state index contributed by atoms with van der Waals surface area (Å²) in [7, 11) is 0. The Labute approximate surface area is 478 Å². The molecule has 446 valence electrons. The summed E-state index contributed by atoms with van der Waals surface area (Å²) in [5.41, 5.74) is 0. The Kier molecular flexibility index (Phi) is 62.7. The molecule has 0 aromatic carbocycles. The first-order valence-corrected chi connectivity index (χ1v) is 33.4. The summed E-state index contributed by atoms with van der Waals surface area (Å²) in [5.74, 6) is -0.935. The van der Waals surface area contributed by atoms with Crippen molar-refractivity contribution in [2.45, 2.75) is 348 Å². The second-order valence-electron chi connectivity index (χ2n) is 22.4. The highest BCUT2D eigenvalue weighted by Gasteiger charge is 2.19. The molecule has 0 heterocycles. The first kappa shape index (κ1) is 73.8. The van der Waals surface area contributed by atoms with Crippen molar-refractivity contribution in [3.05, 3.63) is 72.9 Å². The zero-order valence-electron chi connectivity index (χ0n) is 51.2. The summed E-state index contributed by atoms with van der Waals surface area (Å²) >= 11 is 0. The van der Waals surface area contributed by atoms with E-state index in [1.54, 1.807) is 0 Å². The SMILES string of the molecule is CC/C=C\C/C=C\C/C=C\C/C=C\C/C=C\CCCC(=O)O[C@H](COC(=O)CCCCCCCCCCCCC/C=C\CCCCCCCC)COC(=O)CCCCCCCCCCCCCCCCCCCCCCC. The van der Waals surface area contributed by atoms with Gasteiger partial charge in [-0.25, -0.2) is 0 Å². The number of carbonyl (C=O) groups is 3. The largest absolute Gasteiger partial charge is 0.462 e. The molecule has 0 aliphatic rings. The van der Waals surface area contributed by atoms with Crippen LogP contribution in [-0.4, -0.2) is 37.2 Å². The number of esters is 3. The number of hydrogen-bond donors (Lipinski definition) is 0. The summed E-state index contributed by atoms with van der Waals surface area (Å²) in [6.07, 6.45) is 85.0. The molecular formula is C71H126O6. The second-order valence-corrected chi connectivity index (χ2v) is 22.4. The maximum Gasteiger partial charge on any atom is 0.306 e. The maximum absolute atomic E-state index is 12.9. The third-order valence-electron chi connectivity index (χ3n) is 14.7. The average Bonchev–Trinajstić information content (AvgIpc) is 3.43. The molecule has 6 heteroatoms. The van der Waals surface area contributed by atoms with E-state index in [1.807, 2.05) is 0 Å². The van der Waals surface area contributed by atoms with Crippen molar-refractivity contribution < 1.29 is 28.6 Å². The normalized spacial score (nSPS) is 12.5. The minimum absolute atomic E-state index is 0.0947. The van der Waals surface area contributed by atoms with Crippen molar-refractivity contribution in [1.29, 1.82) is 0 Å². The number of allylic oxidation sites excluding steroid dienone is 12. The summed E-state index contributed by atoms with van der Waals surface area (Å²) in [6, 6.07) is 0. The average molecular weight is 1080 g/mol. The quantitative estimate of drug-likeness (QED) is 0.0261. The van der Waals surface area contributed by atoms with E-state index in [-0.39, 0.29) is 37.5 Å². The van der Waals surface area contributed by atoms with Gasteiger partial charge in [-0.1, -0.05) is 312 Å². The van der Waals surface area contributed by atoms with Crippen LogP contribution in [0.4, 0.5) is 0 Å². The molecule has 0 radical (unpaired) electrons. The topological polar surface area (TPSA) is 78.9 Å². The van der Waals surface area contributed by atoms with Crippen LogP contribution in [0.15, 0.2) is 72.9 Å². The van der Waals surface area contributed by atoms with Gasteiger partial charge < -0.3 is 14.2 Å². The van der Waals surface area contributed by atoms with E-state index in [9.17, 15) is 14.4 Å². The van der Waals surface area contributed by atoms with Crippen molar-refractivity contribution in [1.82, 2.24) is 0 Å². The Morgan fingerprint density at radius 1 is 0.273 bits per heavy atom. The summed E-state index contributed by atoms with van der Waals surface area (Å²) in [6.45, 7) is 6.53. The molecule has 0 aromatic heterocycles. The Bertz CT molecular complexity index is 1420. The molecule has 0 aliphatic heterocycles. The molecule has 0 rings (SSSR count). The van der Waals surface area contributed by atoms with Crippen LogP contribution in [0.3, 0.4) is 0 Å². The highest BCUT2D eigenvalue weighted by molar-refractivity contribution is 5.71. The van der Waals surface area contributed by atoms with Crippen molar-refractivity contribution in [3.63, 3.8) is 0 Å². The van der Waals surface area contributed by atoms with Crippen LogP contribution in [0, 0.1) is 0 Å². The van der Waals surface area contributed by atoms with E-state index in [0.29, 0.717) is 19.3 Å². The van der Waals surface area contributed by atoms with Gasteiger partial charge in [0.05, 0.1) is 0 Å². The molecule has 6 nitrogen and oxygen atoms in total. The first-order chi connectivity index (χ1) is 38.0.